The number of hydroxylamine groups is 2. The van der Waals surface area contributed by atoms with Gasteiger partial charge in [-0.05, 0) is 20.8 Å². The molecule has 0 aromatic carbocycles. The van der Waals surface area contributed by atoms with Crippen molar-refractivity contribution in [2.24, 2.45) is 0 Å². The third-order valence-electron chi connectivity index (χ3n) is 1.59. The van der Waals surface area contributed by atoms with Crippen LogP contribution in [0.1, 0.15) is 27.2 Å². The third kappa shape index (κ3) is 3.74. The van der Waals surface area contributed by atoms with Crippen LogP contribution in [0.25, 0.3) is 0 Å². The predicted molar refractivity (Wildman–Crippen MR) is 48.5 cm³/mol. The van der Waals surface area contributed by atoms with E-state index in [1.807, 2.05) is 0 Å². The second-order valence-corrected chi connectivity index (χ2v) is 4.21. The quantitative estimate of drug-likeness (QED) is 0.595. The molecule has 0 aromatic rings. The number of hydrogen-bond donors (Lipinski definition) is 0. The molecule has 0 bridgehead atoms. The maximum absolute atomic E-state index is 11.1. The number of carbonyl (C=O) groups excluding carboxylic acids is 2. The van der Waals surface area contributed by atoms with Gasteiger partial charge in [-0.3, -0.25) is 4.79 Å². The van der Waals surface area contributed by atoms with E-state index in [2.05, 4.69) is 0 Å². The second-order valence-electron chi connectivity index (χ2n) is 4.21. The average molecular weight is 201 g/mol. The fourth-order valence-electron chi connectivity index (χ4n) is 1.06. The minimum absolute atomic E-state index is 0.0774. The maximum Gasteiger partial charge on any atom is 0.528 e. The summed E-state index contributed by atoms with van der Waals surface area (Å²) in [5.74, 6) is 0.0774. The summed E-state index contributed by atoms with van der Waals surface area (Å²) < 4.78 is 4.92. The van der Waals surface area contributed by atoms with Gasteiger partial charge in [0.1, 0.15) is 5.60 Å². The van der Waals surface area contributed by atoms with Crippen molar-refractivity contribution in [3.63, 3.8) is 0 Å². The van der Waals surface area contributed by atoms with E-state index in [0.29, 0.717) is 13.0 Å². The lowest BCUT2D eigenvalue weighted by atomic mass is 10.2. The summed E-state index contributed by atoms with van der Waals surface area (Å²) in [6, 6.07) is 0. The molecule has 1 rings (SSSR count). The van der Waals surface area contributed by atoms with Crippen LogP contribution in [0.2, 0.25) is 0 Å². The van der Waals surface area contributed by atoms with Crippen LogP contribution in [-0.4, -0.2) is 35.7 Å². The Bertz CT molecular complexity index is 244. The van der Waals surface area contributed by atoms with Crippen molar-refractivity contribution in [2.45, 2.75) is 32.8 Å². The van der Waals surface area contributed by atoms with E-state index in [0.717, 1.165) is 0 Å². The van der Waals surface area contributed by atoms with Gasteiger partial charge in [0.2, 0.25) is 0 Å². The van der Waals surface area contributed by atoms with E-state index in [1.165, 1.54) is 5.06 Å². The summed E-state index contributed by atoms with van der Waals surface area (Å²) in [7, 11) is 0. The molecular formula is C9H15NO4. The van der Waals surface area contributed by atoms with Crippen molar-refractivity contribution < 1.29 is 19.2 Å². The second kappa shape index (κ2) is 3.96. The molecule has 0 aromatic heterocycles. The zero-order valence-corrected chi connectivity index (χ0v) is 8.70. The van der Waals surface area contributed by atoms with Crippen LogP contribution in [0.3, 0.4) is 0 Å². The predicted octanol–water partition coefficient (Wildman–Crippen LogP) is 1.13. The van der Waals surface area contributed by atoms with Crippen LogP contribution in [0.4, 0.5) is 4.79 Å². The number of rotatable bonds is 1. The van der Waals surface area contributed by atoms with Gasteiger partial charge >= 0.3 is 6.16 Å². The highest BCUT2D eigenvalue weighted by atomic mass is 16.8. The molecule has 0 amide bonds. The average Bonchev–Trinajstić information content (AvgIpc) is 2.30. The van der Waals surface area contributed by atoms with Crippen LogP contribution < -0.4 is 0 Å². The van der Waals surface area contributed by atoms with Gasteiger partial charge in [0, 0.05) is 13.0 Å². The van der Waals surface area contributed by atoms with Crippen LogP contribution in [0, 0.1) is 0 Å². The maximum atomic E-state index is 11.1. The van der Waals surface area contributed by atoms with Gasteiger partial charge in [-0.1, -0.05) is 0 Å². The molecule has 0 N–H and O–H groups in total. The summed E-state index contributed by atoms with van der Waals surface area (Å²) in [5, 5.41) is 1.32. The van der Waals surface area contributed by atoms with Crippen LogP contribution in [-0.2, 0) is 14.4 Å². The summed E-state index contributed by atoms with van der Waals surface area (Å²) in [6.07, 6.45) is -0.324. The number of Topliss-reactive ketones (excluding diaryl/α,β-unsaturated/α-hetero) is 1. The number of ether oxygens (including phenoxy) is 1. The topological polar surface area (TPSA) is 55.8 Å². The molecule has 0 radical (unpaired) electrons. The molecule has 0 aliphatic carbocycles. The number of nitrogens with zero attached hydrogens (tertiary/aromatic N) is 1. The molecule has 1 saturated heterocycles. The van der Waals surface area contributed by atoms with E-state index in [4.69, 9.17) is 9.57 Å². The first kappa shape index (κ1) is 11.0. The molecule has 80 valence electrons. The van der Waals surface area contributed by atoms with Crippen molar-refractivity contribution >= 4 is 11.9 Å². The zero-order chi connectivity index (χ0) is 10.8. The summed E-state index contributed by atoms with van der Waals surface area (Å²) in [4.78, 5) is 26.8. The molecule has 5 nitrogen and oxygen atoms in total. The monoisotopic (exact) mass is 201 g/mol. The smallest absolute Gasteiger partial charge is 0.427 e. The first-order chi connectivity index (χ1) is 6.37. The minimum atomic E-state index is -0.757. The lowest BCUT2D eigenvalue weighted by Gasteiger charge is -2.20. The highest BCUT2D eigenvalue weighted by molar-refractivity contribution is 5.82. The Labute approximate surface area is 82.9 Å². The van der Waals surface area contributed by atoms with Gasteiger partial charge in [-0.2, -0.15) is 0 Å². The Morgan fingerprint density at radius 1 is 1.43 bits per heavy atom. The Kier molecular flexibility index (Phi) is 3.10. The minimum Gasteiger partial charge on any atom is -0.427 e. The first-order valence-electron chi connectivity index (χ1n) is 4.54. The molecule has 0 unspecified atom stereocenters. The Morgan fingerprint density at radius 2 is 2.07 bits per heavy atom. The van der Waals surface area contributed by atoms with Gasteiger partial charge < -0.3 is 9.57 Å². The van der Waals surface area contributed by atoms with E-state index in [1.54, 1.807) is 20.8 Å². The Morgan fingerprint density at radius 3 is 2.50 bits per heavy atom. The van der Waals surface area contributed by atoms with Crippen LogP contribution in [0.5, 0.6) is 0 Å². The Balaban J connectivity index is 2.31. The molecule has 1 aliphatic rings. The Hall–Kier alpha value is -1.10. The largest absolute Gasteiger partial charge is 0.528 e. The molecule has 5 heteroatoms. The normalized spacial score (nSPS) is 18.4. The highest BCUT2D eigenvalue weighted by Crippen LogP contribution is 2.11. The van der Waals surface area contributed by atoms with Gasteiger partial charge in [-0.25, -0.2) is 4.79 Å². The van der Waals surface area contributed by atoms with Gasteiger partial charge in [0.15, 0.2) is 5.78 Å². The van der Waals surface area contributed by atoms with Gasteiger partial charge in [-0.15, -0.1) is 5.06 Å². The molecule has 1 aliphatic heterocycles. The van der Waals surface area contributed by atoms with Crippen molar-refractivity contribution in [1.29, 1.82) is 0 Å². The molecule has 0 spiro atoms. The molecule has 0 atom stereocenters. The van der Waals surface area contributed by atoms with Crippen molar-refractivity contribution in [2.75, 3.05) is 13.1 Å². The number of carbonyl (C=O) groups is 2. The SMILES string of the molecule is CC(C)(C)OC(=O)ON1CCC(=O)C1. The lowest BCUT2D eigenvalue weighted by molar-refractivity contribution is -0.136. The van der Waals surface area contributed by atoms with Crippen LogP contribution in [0.15, 0.2) is 0 Å². The molecule has 0 saturated carbocycles. The van der Waals surface area contributed by atoms with E-state index in [9.17, 15) is 9.59 Å². The molecule has 1 heterocycles. The number of ketones is 1. The molecule has 1 fully saturated rings. The molecular weight excluding hydrogens is 186 g/mol. The fraction of sp³-hybridized carbons (Fsp3) is 0.778. The van der Waals surface area contributed by atoms with Gasteiger partial charge in [0.05, 0.1) is 6.54 Å². The summed E-state index contributed by atoms with van der Waals surface area (Å²) in [6.45, 7) is 5.88. The highest BCUT2D eigenvalue weighted by Gasteiger charge is 2.25. The van der Waals surface area contributed by atoms with Crippen molar-refractivity contribution in [3.8, 4) is 0 Å². The standard InChI is InChI=1S/C9H15NO4/c1-9(2,3)13-8(12)14-10-5-4-7(11)6-10/h4-6H2,1-3H3. The van der Waals surface area contributed by atoms with Crippen LogP contribution >= 0.6 is 0 Å². The van der Waals surface area contributed by atoms with E-state index in [-0.39, 0.29) is 12.3 Å². The van der Waals surface area contributed by atoms with Crippen molar-refractivity contribution in [1.82, 2.24) is 5.06 Å². The van der Waals surface area contributed by atoms with Gasteiger partial charge in [0.25, 0.3) is 0 Å². The van der Waals surface area contributed by atoms with Crippen molar-refractivity contribution in [3.05, 3.63) is 0 Å². The first-order valence-corrected chi connectivity index (χ1v) is 4.54. The molecule has 14 heavy (non-hydrogen) atoms. The van der Waals surface area contributed by atoms with E-state index < -0.39 is 11.8 Å². The summed E-state index contributed by atoms with van der Waals surface area (Å²) >= 11 is 0. The lowest BCUT2D eigenvalue weighted by Crippen LogP contribution is -2.30. The zero-order valence-electron chi connectivity index (χ0n) is 8.70. The third-order valence-corrected chi connectivity index (χ3v) is 1.59. The summed E-state index contributed by atoms with van der Waals surface area (Å²) in [5.41, 5.74) is -0.569. The fourth-order valence-corrected chi connectivity index (χ4v) is 1.06. The number of hydrogen-bond acceptors (Lipinski definition) is 5. The van der Waals surface area contributed by atoms with E-state index >= 15 is 0 Å².